The zero-order chi connectivity index (χ0) is 14.4. The number of anilines is 1. The summed E-state index contributed by atoms with van der Waals surface area (Å²) in [6.07, 6.45) is 6.27. The van der Waals surface area contributed by atoms with E-state index in [4.69, 9.17) is 10.7 Å². The van der Waals surface area contributed by atoms with E-state index in [1.54, 1.807) is 0 Å². The summed E-state index contributed by atoms with van der Waals surface area (Å²) in [5.74, 6) is 1.81. The molecule has 0 atom stereocenters. The molecule has 2 N–H and O–H groups in total. The lowest BCUT2D eigenvalue weighted by molar-refractivity contribution is 0.742. The van der Waals surface area contributed by atoms with E-state index in [1.165, 1.54) is 35.3 Å². The van der Waals surface area contributed by atoms with Crippen LogP contribution in [0.1, 0.15) is 35.7 Å². The second-order valence-corrected chi connectivity index (χ2v) is 5.88. The van der Waals surface area contributed by atoms with Crippen molar-refractivity contribution in [3.8, 4) is 0 Å². The van der Waals surface area contributed by atoms with Crippen molar-refractivity contribution < 1.29 is 0 Å². The van der Waals surface area contributed by atoms with Crippen LogP contribution in [-0.2, 0) is 6.54 Å². The van der Waals surface area contributed by atoms with Gasteiger partial charge in [0.1, 0.15) is 5.82 Å². The van der Waals surface area contributed by atoms with Crippen LogP contribution < -0.4 is 5.73 Å². The minimum Gasteiger partial charge on any atom is -0.399 e. The third kappa shape index (κ3) is 2.17. The van der Waals surface area contributed by atoms with Gasteiger partial charge in [-0.25, -0.2) is 4.98 Å². The Morgan fingerprint density at radius 2 is 2.14 bits per heavy atom. The maximum atomic E-state index is 5.89. The first-order valence-electron chi connectivity index (χ1n) is 7.37. The van der Waals surface area contributed by atoms with Crippen LogP contribution in [0.5, 0.6) is 0 Å². The Morgan fingerprint density at radius 3 is 2.90 bits per heavy atom. The van der Waals surface area contributed by atoms with Gasteiger partial charge >= 0.3 is 0 Å². The summed E-state index contributed by atoms with van der Waals surface area (Å²) in [6.45, 7) is 2.96. The molecule has 106 valence electrons. The number of benzene rings is 1. The Morgan fingerprint density at radius 1 is 1.29 bits per heavy atom. The molecule has 1 aromatic carbocycles. The Kier molecular flexibility index (Phi) is 2.70. The quantitative estimate of drug-likeness (QED) is 0.748. The molecule has 0 saturated heterocycles. The zero-order valence-electron chi connectivity index (χ0n) is 12.1. The molecule has 1 fully saturated rings. The van der Waals surface area contributed by atoms with E-state index in [1.807, 2.05) is 24.5 Å². The molecule has 21 heavy (non-hydrogen) atoms. The molecule has 4 nitrogen and oxygen atoms in total. The van der Waals surface area contributed by atoms with Crippen molar-refractivity contribution in [1.29, 1.82) is 0 Å². The summed E-state index contributed by atoms with van der Waals surface area (Å²) in [5, 5.41) is 0. The van der Waals surface area contributed by atoms with Crippen LogP contribution in [-0.4, -0.2) is 14.5 Å². The van der Waals surface area contributed by atoms with Crippen molar-refractivity contribution in [1.82, 2.24) is 14.5 Å². The Labute approximate surface area is 123 Å². The number of aryl methyl sites for hydroxylation is 1. The molecule has 4 rings (SSSR count). The first-order valence-corrected chi connectivity index (χ1v) is 7.37. The largest absolute Gasteiger partial charge is 0.399 e. The summed E-state index contributed by atoms with van der Waals surface area (Å²) in [4.78, 5) is 9.01. The third-order valence-corrected chi connectivity index (χ3v) is 4.21. The SMILES string of the molecule is Cc1cnccc1Cn1c(C2CC2)nc2cc(N)ccc21. The molecule has 0 radical (unpaired) electrons. The monoisotopic (exact) mass is 278 g/mol. The number of nitrogen functional groups attached to an aromatic ring is 1. The van der Waals surface area contributed by atoms with Crippen LogP contribution in [0, 0.1) is 6.92 Å². The van der Waals surface area contributed by atoms with Gasteiger partial charge in [0, 0.05) is 30.5 Å². The van der Waals surface area contributed by atoms with E-state index in [0.717, 1.165) is 17.7 Å². The maximum Gasteiger partial charge on any atom is 0.113 e. The molecule has 1 aliphatic carbocycles. The summed E-state index contributed by atoms with van der Waals surface area (Å²) in [7, 11) is 0. The van der Waals surface area contributed by atoms with Gasteiger partial charge in [0.15, 0.2) is 0 Å². The van der Waals surface area contributed by atoms with E-state index < -0.39 is 0 Å². The Balaban J connectivity index is 1.86. The van der Waals surface area contributed by atoms with E-state index in [9.17, 15) is 0 Å². The minimum atomic E-state index is 0.612. The van der Waals surface area contributed by atoms with Gasteiger partial charge in [-0.15, -0.1) is 0 Å². The predicted octanol–water partition coefficient (Wildman–Crippen LogP) is 3.25. The van der Waals surface area contributed by atoms with E-state index in [0.29, 0.717) is 5.92 Å². The molecule has 1 aliphatic rings. The van der Waals surface area contributed by atoms with Crippen LogP contribution in [0.15, 0.2) is 36.7 Å². The molecular weight excluding hydrogens is 260 g/mol. The molecular formula is C17H18N4. The van der Waals surface area contributed by atoms with Crippen molar-refractivity contribution in [3.63, 3.8) is 0 Å². The normalized spacial score (nSPS) is 14.7. The molecule has 4 heteroatoms. The summed E-state index contributed by atoms with van der Waals surface area (Å²) in [5.41, 5.74) is 11.4. The number of hydrogen-bond donors (Lipinski definition) is 1. The number of pyridine rings is 1. The zero-order valence-corrected chi connectivity index (χ0v) is 12.1. The lowest BCUT2D eigenvalue weighted by atomic mass is 10.1. The summed E-state index contributed by atoms with van der Waals surface area (Å²) < 4.78 is 2.34. The number of nitrogens with two attached hydrogens (primary N) is 1. The fourth-order valence-corrected chi connectivity index (χ4v) is 2.83. The average Bonchev–Trinajstić information content (AvgIpc) is 3.25. The molecule has 0 unspecified atom stereocenters. The number of rotatable bonds is 3. The third-order valence-electron chi connectivity index (χ3n) is 4.21. The van der Waals surface area contributed by atoms with Gasteiger partial charge in [0.05, 0.1) is 11.0 Å². The average molecular weight is 278 g/mol. The van der Waals surface area contributed by atoms with Crippen LogP contribution >= 0.6 is 0 Å². The van der Waals surface area contributed by atoms with Crippen LogP contribution in [0.2, 0.25) is 0 Å². The van der Waals surface area contributed by atoms with Gasteiger partial charge in [-0.1, -0.05) is 0 Å². The van der Waals surface area contributed by atoms with E-state index >= 15 is 0 Å². The second-order valence-electron chi connectivity index (χ2n) is 5.88. The number of aromatic nitrogens is 3. The summed E-state index contributed by atoms with van der Waals surface area (Å²) >= 11 is 0. The Hall–Kier alpha value is -2.36. The highest BCUT2D eigenvalue weighted by Gasteiger charge is 2.29. The molecule has 0 amide bonds. The highest BCUT2D eigenvalue weighted by Crippen LogP contribution is 2.41. The van der Waals surface area contributed by atoms with Gasteiger partial charge in [-0.05, 0) is 55.2 Å². The van der Waals surface area contributed by atoms with Gasteiger partial charge in [0.25, 0.3) is 0 Å². The molecule has 3 aromatic rings. The lowest BCUT2D eigenvalue weighted by Gasteiger charge is -2.11. The van der Waals surface area contributed by atoms with Gasteiger partial charge in [0.2, 0.25) is 0 Å². The van der Waals surface area contributed by atoms with Crippen molar-refractivity contribution in [2.45, 2.75) is 32.2 Å². The van der Waals surface area contributed by atoms with E-state index in [2.05, 4.69) is 28.6 Å². The number of imidazole rings is 1. The number of hydrogen-bond acceptors (Lipinski definition) is 3. The topological polar surface area (TPSA) is 56.7 Å². The first-order chi connectivity index (χ1) is 10.2. The standard InChI is InChI=1S/C17H18N4/c1-11-9-19-7-6-13(11)10-21-16-5-4-14(18)8-15(16)20-17(21)12-2-3-12/h4-9,12H,2-3,10,18H2,1H3. The molecule has 0 spiro atoms. The Bertz CT molecular complexity index is 815. The molecule has 2 aromatic heterocycles. The molecule has 1 saturated carbocycles. The van der Waals surface area contributed by atoms with Crippen molar-refractivity contribution in [2.24, 2.45) is 0 Å². The number of nitrogens with zero attached hydrogens (tertiary/aromatic N) is 3. The fourth-order valence-electron chi connectivity index (χ4n) is 2.83. The van der Waals surface area contributed by atoms with Gasteiger partial charge in [-0.2, -0.15) is 0 Å². The molecule has 2 heterocycles. The van der Waals surface area contributed by atoms with Crippen LogP contribution in [0.4, 0.5) is 5.69 Å². The van der Waals surface area contributed by atoms with Crippen molar-refractivity contribution >= 4 is 16.7 Å². The number of fused-ring (bicyclic) bond motifs is 1. The lowest BCUT2D eigenvalue weighted by Crippen LogP contribution is -2.05. The first kappa shape index (κ1) is 12.4. The van der Waals surface area contributed by atoms with Crippen molar-refractivity contribution in [2.75, 3.05) is 5.73 Å². The second kappa shape index (κ2) is 4.58. The van der Waals surface area contributed by atoms with Crippen LogP contribution in [0.25, 0.3) is 11.0 Å². The van der Waals surface area contributed by atoms with E-state index in [-0.39, 0.29) is 0 Å². The highest BCUT2D eigenvalue weighted by atomic mass is 15.1. The summed E-state index contributed by atoms with van der Waals surface area (Å²) in [6, 6.07) is 8.10. The van der Waals surface area contributed by atoms with Crippen molar-refractivity contribution in [3.05, 3.63) is 53.6 Å². The fraction of sp³-hybridized carbons (Fsp3) is 0.294. The van der Waals surface area contributed by atoms with Gasteiger partial charge < -0.3 is 10.3 Å². The smallest absolute Gasteiger partial charge is 0.113 e. The predicted molar refractivity (Wildman–Crippen MR) is 84.2 cm³/mol. The molecule has 0 bridgehead atoms. The maximum absolute atomic E-state index is 5.89. The van der Waals surface area contributed by atoms with Crippen LogP contribution in [0.3, 0.4) is 0 Å². The van der Waals surface area contributed by atoms with Gasteiger partial charge in [-0.3, -0.25) is 4.98 Å². The highest BCUT2D eigenvalue weighted by molar-refractivity contribution is 5.80. The molecule has 0 aliphatic heterocycles. The minimum absolute atomic E-state index is 0.612.